The number of rotatable bonds is 67. The molecule has 0 heterocycles. The van der Waals surface area contributed by atoms with Crippen molar-refractivity contribution in [2.45, 2.75) is 393 Å². The molecule has 0 aromatic rings. The Bertz CT molecular complexity index is 1460. The summed E-state index contributed by atoms with van der Waals surface area (Å²) in [7, 11) is 0. The Morgan fingerprint density at radius 2 is 0.476 bits per heavy atom. The van der Waals surface area contributed by atoms with Gasteiger partial charge in [0.2, 0.25) is 0 Å². The fraction of sp³-hybridized carbons (Fsp3) is 0.829. The molecular weight excluding hydrogens is 1010 g/mol. The van der Waals surface area contributed by atoms with Crippen LogP contribution in [0.25, 0.3) is 0 Å². The molecule has 1 atom stereocenters. The van der Waals surface area contributed by atoms with E-state index in [1.807, 2.05) is 0 Å². The number of hydrogen-bond donors (Lipinski definition) is 0. The lowest BCUT2D eigenvalue weighted by Crippen LogP contribution is -2.30. The largest absolute Gasteiger partial charge is 0.462 e. The van der Waals surface area contributed by atoms with Gasteiger partial charge in [0.05, 0.1) is 0 Å². The summed E-state index contributed by atoms with van der Waals surface area (Å²) < 4.78 is 16.9. The van der Waals surface area contributed by atoms with Gasteiger partial charge in [0.15, 0.2) is 6.10 Å². The van der Waals surface area contributed by atoms with Crippen LogP contribution in [0.4, 0.5) is 0 Å². The number of hydrogen-bond acceptors (Lipinski definition) is 6. The standard InChI is InChI=1S/C76H138O6/c1-4-7-10-13-16-18-20-22-24-26-28-30-32-34-35-36-37-38-39-40-42-43-45-47-49-51-53-55-57-60-63-66-69-75(78)81-72-73(71-80-74(77)68-65-62-59-15-12-9-6-3)82-76(79)70-67-64-61-58-56-54-52-50-48-46-44-41-33-31-29-27-25-23-21-19-17-14-11-8-5-2/h8,11,17,19,23,25,29,31,41,44,73H,4-7,9-10,12-16,18,20-22,24,26-28,30,32-40,42-43,45-72H2,1-3H3/b11-8-,19-17-,25-23-,31-29-,44-41-. The fourth-order valence-electron chi connectivity index (χ4n) is 10.9. The molecule has 0 aliphatic carbocycles. The third kappa shape index (κ3) is 67.9. The second-order valence-corrected chi connectivity index (χ2v) is 24.5. The van der Waals surface area contributed by atoms with E-state index in [1.54, 1.807) is 0 Å². The lowest BCUT2D eigenvalue weighted by molar-refractivity contribution is -0.167. The van der Waals surface area contributed by atoms with Crippen molar-refractivity contribution < 1.29 is 28.6 Å². The zero-order valence-corrected chi connectivity index (χ0v) is 55.0. The molecule has 0 amide bonds. The molecule has 0 saturated heterocycles. The Balaban J connectivity index is 4.01. The summed E-state index contributed by atoms with van der Waals surface area (Å²) in [5, 5.41) is 0. The fourth-order valence-corrected chi connectivity index (χ4v) is 10.9. The molecule has 6 heteroatoms. The maximum Gasteiger partial charge on any atom is 0.306 e. The summed E-state index contributed by atoms with van der Waals surface area (Å²) in [5.41, 5.74) is 0. The maximum absolute atomic E-state index is 12.9. The highest BCUT2D eigenvalue weighted by atomic mass is 16.6. The Labute approximate surface area is 510 Å². The molecule has 0 aliphatic heterocycles. The molecule has 0 aliphatic rings. The molecule has 0 fully saturated rings. The monoisotopic (exact) mass is 1150 g/mol. The molecule has 0 N–H and O–H groups in total. The van der Waals surface area contributed by atoms with Crippen molar-refractivity contribution in [3.63, 3.8) is 0 Å². The van der Waals surface area contributed by atoms with Gasteiger partial charge in [-0.05, 0) is 64.2 Å². The smallest absolute Gasteiger partial charge is 0.306 e. The first-order valence-corrected chi connectivity index (χ1v) is 36.3. The Kier molecular flexibility index (Phi) is 68.1. The van der Waals surface area contributed by atoms with Gasteiger partial charge >= 0.3 is 17.9 Å². The predicted molar refractivity (Wildman–Crippen MR) is 358 cm³/mol. The van der Waals surface area contributed by atoms with Crippen LogP contribution in [0.15, 0.2) is 60.8 Å². The van der Waals surface area contributed by atoms with Crippen LogP contribution in [-0.2, 0) is 28.6 Å². The molecule has 0 aromatic heterocycles. The quantitative estimate of drug-likeness (QED) is 0.0261. The molecule has 0 aromatic carbocycles. The van der Waals surface area contributed by atoms with Crippen LogP contribution in [0, 0.1) is 0 Å². The minimum atomic E-state index is -0.774. The minimum absolute atomic E-state index is 0.0722. The van der Waals surface area contributed by atoms with Crippen molar-refractivity contribution in [3.05, 3.63) is 60.8 Å². The third-order valence-corrected chi connectivity index (χ3v) is 16.3. The van der Waals surface area contributed by atoms with E-state index in [2.05, 4.69) is 81.5 Å². The van der Waals surface area contributed by atoms with Crippen molar-refractivity contribution in [2.75, 3.05) is 13.2 Å². The normalized spacial score (nSPS) is 12.4. The second kappa shape index (κ2) is 70.6. The molecule has 82 heavy (non-hydrogen) atoms. The van der Waals surface area contributed by atoms with Crippen LogP contribution >= 0.6 is 0 Å². The van der Waals surface area contributed by atoms with Gasteiger partial charge in [0, 0.05) is 19.3 Å². The van der Waals surface area contributed by atoms with Gasteiger partial charge in [-0.1, -0.05) is 364 Å². The first-order chi connectivity index (χ1) is 40.5. The number of unbranched alkanes of at least 4 members (excludes halogenated alkanes) is 46. The topological polar surface area (TPSA) is 78.9 Å². The van der Waals surface area contributed by atoms with Crippen molar-refractivity contribution in [2.24, 2.45) is 0 Å². The van der Waals surface area contributed by atoms with E-state index >= 15 is 0 Å². The molecule has 0 bridgehead atoms. The van der Waals surface area contributed by atoms with Gasteiger partial charge in [0.1, 0.15) is 13.2 Å². The van der Waals surface area contributed by atoms with Crippen LogP contribution in [-0.4, -0.2) is 37.2 Å². The summed E-state index contributed by atoms with van der Waals surface area (Å²) in [6.07, 6.45) is 91.6. The molecule has 0 spiro atoms. The maximum atomic E-state index is 12.9. The van der Waals surface area contributed by atoms with E-state index in [-0.39, 0.29) is 31.1 Å². The Morgan fingerprint density at radius 1 is 0.256 bits per heavy atom. The SMILES string of the molecule is CC/C=C\C/C=C\C/C=C\C/C=C\C/C=C\CCCCCCCCCCCC(=O)OC(COC(=O)CCCCCCCCC)COC(=O)CCCCCCCCCCCCCCCCCCCCCCCCCCCCCCCCCC. The highest BCUT2D eigenvalue weighted by Gasteiger charge is 2.19. The lowest BCUT2D eigenvalue weighted by Gasteiger charge is -2.18. The third-order valence-electron chi connectivity index (χ3n) is 16.3. The van der Waals surface area contributed by atoms with Crippen molar-refractivity contribution in [1.82, 2.24) is 0 Å². The summed E-state index contributed by atoms with van der Waals surface area (Å²) in [4.78, 5) is 38.2. The number of carbonyl (C=O) groups excluding carboxylic acids is 3. The first kappa shape index (κ1) is 79.1. The van der Waals surface area contributed by atoms with Gasteiger partial charge < -0.3 is 14.2 Å². The lowest BCUT2D eigenvalue weighted by atomic mass is 10.0. The molecule has 6 nitrogen and oxygen atoms in total. The molecule has 0 radical (unpaired) electrons. The average Bonchev–Trinajstić information content (AvgIpc) is 3.48. The van der Waals surface area contributed by atoms with Crippen LogP contribution in [0.3, 0.4) is 0 Å². The van der Waals surface area contributed by atoms with E-state index in [0.717, 1.165) is 96.3 Å². The minimum Gasteiger partial charge on any atom is -0.462 e. The number of carbonyl (C=O) groups is 3. The molecule has 0 saturated carbocycles. The highest BCUT2D eigenvalue weighted by Crippen LogP contribution is 2.19. The molecule has 1 unspecified atom stereocenters. The van der Waals surface area contributed by atoms with E-state index in [1.165, 1.54) is 250 Å². The van der Waals surface area contributed by atoms with Crippen LogP contribution in [0.2, 0.25) is 0 Å². The number of allylic oxidation sites excluding steroid dienone is 10. The van der Waals surface area contributed by atoms with Crippen LogP contribution in [0.1, 0.15) is 387 Å². The van der Waals surface area contributed by atoms with Crippen molar-refractivity contribution in [3.8, 4) is 0 Å². The van der Waals surface area contributed by atoms with E-state index < -0.39 is 6.10 Å². The Morgan fingerprint density at radius 3 is 0.744 bits per heavy atom. The number of esters is 3. The average molecular weight is 1150 g/mol. The van der Waals surface area contributed by atoms with E-state index in [4.69, 9.17) is 14.2 Å². The zero-order chi connectivity index (χ0) is 59.2. The van der Waals surface area contributed by atoms with Gasteiger partial charge in [0.25, 0.3) is 0 Å². The van der Waals surface area contributed by atoms with E-state index in [9.17, 15) is 14.4 Å². The van der Waals surface area contributed by atoms with Crippen molar-refractivity contribution >= 4 is 17.9 Å². The zero-order valence-electron chi connectivity index (χ0n) is 55.0. The van der Waals surface area contributed by atoms with Gasteiger partial charge in [-0.25, -0.2) is 0 Å². The molecule has 478 valence electrons. The van der Waals surface area contributed by atoms with Gasteiger partial charge in [-0.15, -0.1) is 0 Å². The predicted octanol–water partition coefficient (Wildman–Crippen LogP) is 25.1. The van der Waals surface area contributed by atoms with Crippen molar-refractivity contribution in [1.29, 1.82) is 0 Å². The summed E-state index contributed by atoms with van der Waals surface area (Å²) in [5.74, 6) is -0.864. The molecule has 0 rings (SSSR count). The summed E-state index contributed by atoms with van der Waals surface area (Å²) in [6.45, 7) is 6.54. The summed E-state index contributed by atoms with van der Waals surface area (Å²) >= 11 is 0. The summed E-state index contributed by atoms with van der Waals surface area (Å²) in [6, 6.07) is 0. The van der Waals surface area contributed by atoms with Crippen LogP contribution in [0.5, 0.6) is 0 Å². The second-order valence-electron chi connectivity index (χ2n) is 24.5. The highest BCUT2D eigenvalue weighted by molar-refractivity contribution is 5.71. The Hall–Kier alpha value is -2.89. The number of ether oxygens (including phenoxy) is 3. The molecular formula is C76H138O6. The van der Waals surface area contributed by atoms with E-state index in [0.29, 0.717) is 19.3 Å². The van der Waals surface area contributed by atoms with Gasteiger partial charge in [-0.3, -0.25) is 14.4 Å². The van der Waals surface area contributed by atoms with Crippen LogP contribution < -0.4 is 0 Å². The first-order valence-electron chi connectivity index (χ1n) is 36.3. The van der Waals surface area contributed by atoms with Gasteiger partial charge in [-0.2, -0.15) is 0 Å².